The number of anilines is 1. The van der Waals surface area contributed by atoms with E-state index in [4.69, 9.17) is 11.6 Å². The summed E-state index contributed by atoms with van der Waals surface area (Å²) in [6.45, 7) is 2.58. The summed E-state index contributed by atoms with van der Waals surface area (Å²) in [5.41, 5.74) is 0.437. The van der Waals surface area contributed by atoms with E-state index in [9.17, 15) is 4.79 Å². The van der Waals surface area contributed by atoms with Crippen LogP contribution < -0.4 is 10.6 Å². The fraction of sp³-hybridized carbons (Fsp3) is 0.308. The van der Waals surface area contributed by atoms with E-state index >= 15 is 0 Å². The second kappa shape index (κ2) is 6.38. The number of nitrogens with one attached hydrogen (secondary N) is 2. The summed E-state index contributed by atoms with van der Waals surface area (Å²) < 4.78 is 1.90. The molecule has 1 amide bonds. The highest BCUT2D eigenvalue weighted by Crippen LogP contribution is 2.19. The third-order valence-corrected chi connectivity index (χ3v) is 3.05. The molecule has 1 atom stereocenters. The molecule has 0 bridgehead atoms. The average Bonchev–Trinajstić information content (AvgIpc) is 2.91. The fourth-order valence-corrected chi connectivity index (χ4v) is 2.07. The first-order chi connectivity index (χ1) is 9.60. The molecule has 6 nitrogen and oxygen atoms in total. The number of carbonyl (C=O) groups is 1. The molecule has 0 aliphatic rings. The molecular formula is C13H16ClN5O. The Morgan fingerprint density at radius 2 is 2.35 bits per heavy atom. The van der Waals surface area contributed by atoms with Gasteiger partial charge in [-0.2, -0.15) is 0 Å². The first kappa shape index (κ1) is 14.3. The minimum atomic E-state index is -0.199. The molecule has 0 saturated carbocycles. The molecule has 2 rings (SSSR count). The topological polar surface area (TPSA) is 71.8 Å². The Morgan fingerprint density at radius 1 is 1.55 bits per heavy atom. The number of carbonyl (C=O) groups excluding carboxylic acids is 1. The zero-order chi connectivity index (χ0) is 14.5. The Bertz CT molecular complexity index is 584. The second-order valence-electron chi connectivity index (χ2n) is 4.44. The van der Waals surface area contributed by atoms with Crippen molar-refractivity contribution < 1.29 is 4.79 Å². The molecule has 7 heteroatoms. The van der Waals surface area contributed by atoms with Gasteiger partial charge in [-0.25, -0.2) is 9.97 Å². The van der Waals surface area contributed by atoms with Crippen molar-refractivity contribution in [2.45, 2.75) is 19.5 Å². The summed E-state index contributed by atoms with van der Waals surface area (Å²) in [5.74, 6) is 0.351. The maximum absolute atomic E-state index is 12.1. The van der Waals surface area contributed by atoms with E-state index < -0.39 is 0 Å². The Labute approximate surface area is 122 Å². The Morgan fingerprint density at radius 3 is 2.95 bits per heavy atom. The zero-order valence-corrected chi connectivity index (χ0v) is 12.1. The molecule has 0 aromatic carbocycles. The van der Waals surface area contributed by atoms with Crippen LogP contribution in [0.2, 0.25) is 5.02 Å². The highest BCUT2D eigenvalue weighted by atomic mass is 35.5. The number of pyridine rings is 1. The fourth-order valence-electron chi connectivity index (χ4n) is 1.81. The van der Waals surface area contributed by atoms with Gasteiger partial charge in [-0.05, 0) is 13.0 Å². The molecule has 0 radical (unpaired) electrons. The average molecular weight is 294 g/mol. The predicted molar refractivity (Wildman–Crippen MR) is 77.9 cm³/mol. The molecule has 0 fully saturated rings. The van der Waals surface area contributed by atoms with Crippen LogP contribution in [0.1, 0.15) is 17.3 Å². The maximum Gasteiger partial charge on any atom is 0.253 e. The lowest BCUT2D eigenvalue weighted by molar-refractivity contribution is 0.0936. The van der Waals surface area contributed by atoms with Crippen molar-refractivity contribution in [3.63, 3.8) is 0 Å². The van der Waals surface area contributed by atoms with Crippen LogP contribution in [-0.4, -0.2) is 33.5 Å². The number of amides is 1. The van der Waals surface area contributed by atoms with Crippen molar-refractivity contribution in [3.05, 3.63) is 41.6 Å². The molecule has 0 spiro atoms. The first-order valence-corrected chi connectivity index (χ1v) is 6.58. The first-order valence-electron chi connectivity index (χ1n) is 6.20. The summed E-state index contributed by atoms with van der Waals surface area (Å²) >= 11 is 6.01. The van der Waals surface area contributed by atoms with Gasteiger partial charge in [-0.15, -0.1) is 0 Å². The van der Waals surface area contributed by atoms with Crippen molar-refractivity contribution in [3.8, 4) is 0 Å². The number of rotatable bonds is 5. The lowest BCUT2D eigenvalue weighted by atomic mass is 10.2. The highest BCUT2D eigenvalue weighted by Gasteiger charge is 2.12. The van der Waals surface area contributed by atoms with Gasteiger partial charge >= 0.3 is 0 Å². The quantitative estimate of drug-likeness (QED) is 0.882. The number of nitrogens with zero attached hydrogens (tertiary/aromatic N) is 3. The van der Waals surface area contributed by atoms with Crippen LogP contribution in [0.15, 0.2) is 31.0 Å². The molecule has 0 saturated heterocycles. The Hall–Kier alpha value is -2.08. The van der Waals surface area contributed by atoms with Crippen LogP contribution >= 0.6 is 11.6 Å². The Kier molecular flexibility index (Phi) is 4.57. The van der Waals surface area contributed by atoms with Gasteiger partial charge in [-0.3, -0.25) is 4.79 Å². The van der Waals surface area contributed by atoms with Gasteiger partial charge in [0.05, 0.1) is 16.9 Å². The van der Waals surface area contributed by atoms with Crippen molar-refractivity contribution in [2.24, 2.45) is 0 Å². The summed E-state index contributed by atoms with van der Waals surface area (Å²) in [6, 6.07) is 1.57. The van der Waals surface area contributed by atoms with Crippen molar-refractivity contribution in [1.82, 2.24) is 19.9 Å². The van der Waals surface area contributed by atoms with Crippen LogP contribution in [0.5, 0.6) is 0 Å². The summed E-state index contributed by atoms with van der Waals surface area (Å²) in [7, 11) is 1.72. The number of imidazole rings is 1. The third kappa shape index (κ3) is 3.48. The van der Waals surface area contributed by atoms with Crippen LogP contribution in [0.4, 0.5) is 5.82 Å². The van der Waals surface area contributed by atoms with Crippen molar-refractivity contribution >= 4 is 23.3 Å². The lowest BCUT2D eigenvalue weighted by Gasteiger charge is -2.14. The molecule has 0 aliphatic heterocycles. The summed E-state index contributed by atoms with van der Waals surface area (Å²) in [4.78, 5) is 20.1. The lowest BCUT2D eigenvalue weighted by Crippen LogP contribution is -2.35. The third-order valence-electron chi connectivity index (χ3n) is 2.76. The van der Waals surface area contributed by atoms with Crippen molar-refractivity contribution in [1.29, 1.82) is 0 Å². The molecule has 2 N–H and O–H groups in total. The van der Waals surface area contributed by atoms with Crippen LogP contribution in [0, 0.1) is 0 Å². The number of hydrogen-bond donors (Lipinski definition) is 2. The molecule has 106 valence electrons. The molecule has 2 heterocycles. The van der Waals surface area contributed by atoms with E-state index in [1.165, 1.54) is 6.20 Å². The van der Waals surface area contributed by atoms with Gasteiger partial charge in [0.1, 0.15) is 5.82 Å². The van der Waals surface area contributed by atoms with Gasteiger partial charge < -0.3 is 15.2 Å². The predicted octanol–water partition coefficient (Wildman–Crippen LogP) is 1.79. The Balaban J connectivity index is 1.99. The van der Waals surface area contributed by atoms with E-state index in [0.29, 0.717) is 22.9 Å². The minimum absolute atomic E-state index is 0.0283. The smallest absolute Gasteiger partial charge is 0.253 e. The summed E-state index contributed by atoms with van der Waals surface area (Å²) in [6.07, 6.45) is 6.76. The van der Waals surface area contributed by atoms with Gasteiger partial charge in [0, 0.05) is 38.2 Å². The maximum atomic E-state index is 12.1. The molecular weight excluding hydrogens is 278 g/mol. The highest BCUT2D eigenvalue weighted by molar-refractivity contribution is 6.33. The van der Waals surface area contributed by atoms with E-state index in [2.05, 4.69) is 20.6 Å². The standard InChI is InChI=1S/C13H16ClN5O/c1-9(7-19-4-3-16-8-19)18-13(20)10-5-11(14)12(15-2)17-6-10/h3-6,8-9H,7H2,1-2H3,(H,15,17)(H,18,20). The molecule has 20 heavy (non-hydrogen) atoms. The monoisotopic (exact) mass is 293 g/mol. The summed E-state index contributed by atoms with van der Waals surface area (Å²) in [5, 5.41) is 6.16. The number of hydrogen-bond acceptors (Lipinski definition) is 4. The molecule has 2 aromatic heterocycles. The minimum Gasteiger partial charge on any atom is -0.372 e. The second-order valence-corrected chi connectivity index (χ2v) is 4.85. The van der Waals surface area contributed by atoms with Crippen molar-refractivity contribution in [2.75, 3.05) is 12.4 Å². The van der Waals surface area contributed by atoms with Gasteiger partial charge in [-0.1, -0.05) is 11.6 Å². The van der Waals surface area contributed by atoms with E-state index in [0.717, 1.165) is 0 Å². The van der Waals surface area contributed by atoms with Crippen LogP contribution in [-0.2, 0) is 6.54 Å². The SMILES string of the molecule is CNc1ncc(C(=O)NC(C)Cn2ccnc2)cc1Cl. The van der Waals surface area contributed by atoms with Gasteiger partial charge in [0.2, 0.25) is 0 Å². The number of halogens is 1. The normalized spacial score (nSPS) is 11.9. The van der Waals surface area contributed by atoms with Gasteiger partial charge in [0.25, 0.3) is 5.91 Å². The van der Waals surface area contributed by atoms with Crippen LogP contribution in [0.25, 0.3) is 0 Å². The zero-order valence-electron chi connectivity index (χ0n) is 11.3. The molecule has 2 aromatic rings. The van der Waals surface area contributed by atoms with Gasteiger partial charge in [0.15, 0.2) is 0 Å². The number of aromatic nitrogens is 3. The molecule has 0 aliphatic carbocycles. The van der Waals surface area contributed by atoms with Crippen LogP contribution in [0.3, 0.4) is 0 Å². The largest absolute Gasteiger partial charge is 0.372 e. The van der Waals surface area contributed by atoms with E-state index in [1.807, 2.05) is 17.7 Å². The van der Waals surface area contributed by atoms with E-state index in [1.54, 1.807) is 25.6 Å². The van der Waals surface area contributed by atoms with E-state index in [-0.39, 0.29) is 11.9 Å². The molecule has 1 unspecified atom stereocenters.